The van der Waals surface area contributed by atoms with Crippen molar-refractivity contribution in [2.45, 2.75) is 63.0 Å². The second kappa shape index (κ2) is 8.13. The van der Waals surface area contributed by atoms with Gasteiger partial charge in [-0.15, -0.1) is 0 Å². The van der Waals surface area contributed by atoms with Crippen LogP contribution in [-0.4, -0.2) is 68.8 Å². The minimum absolute atomic E-state index is 0.346. The average Bonchev–Trinajstić information content (AvgIpc) is 3.39. The van der Waals surface area contributed by atoms with Crippen molar-refractivity contribution in [1.82, 2.24) is 15.2 Å². The van der Waals surface area contributed by atoms with E-state index in [9.17, 15) is 10.2 Å². The highest BCUT2D eigenvalue weighted by molar-refractivity contribution is 5.94. The maximum Gasteiger partial charge on any atom is 0.158 e. The normalized spacial score (nSPS) is 31.7. The molecule has 6 atom stereocenters. The lowest BCUT2D eigenvalue weighted by molar-refractivity contribution is -0.325. The summed E-state index contributed by atoms with van der Waals surface area (Å²) < 4.78 is 17.6. The number of hydrogen-bond donors (Lipinski definition) is 4. The molecule has 1 aromatic carbocycles. The van der Waals surface area contributed by atoms with E-state index in [1.165, 1.54) is 0 Å². The third kappa shape index (κ3) is 3.55. The minimum Gasteiger partial charge on any atom is -0.388 e. The molecule has 0 radical (unpaired) electrons. The van der Waals surface area contributed by atoms with E-state index in [2.05, 4.69) is 21.2 Å². The topological polar surface area (TPSA) is 113 Å². The Hall–Kier alpha value is -2.23. The Labute approximate surface area is 174 Å². The van der Waals surface area contributed by atoms with Crippen molar-refractivity contribution in [3.63, 3.8) is 0 Å². The summed E-state index contributed by atoms with van der Waals surface area (Å²) in [4.78, 5) is 3.25. The molecular formula is C22H27N3O5. The van der Waals surface area contributed by atoms with E-state index in [-0.39, 0.29) is 6.29 Å². The van der Waals surface area contributed by atoms with Crippen LogP contribution in [0.3, 0.4) is 0 Å². The van der Waals surface area contributed by atoms with Gasteiger partial charge >= 0.3 is 0 Å². The molecule has 0 bridgehead atoms. The van der Waals surface area contributed by atoms with Crippen molar-refractivity contribution < 1.29 is 24.4 Å². The van der Waals surface area contributed by atoms with Crippen molar-refractivity contribution in [3.05, 3.63) is 42.2 Å². The summed E-state index contributed by atoms with van der Waals surface area (Å²) in [7, 11) is 0. The van der Waals surface area contributed by atoms with Gasteiger partial charge in [-0.25, -0.2) is 0 Å². The highest BCUT2D eigenvalue weighted by Crippen LogP contribution is 2.32. The number of aromatic amines is 2. The van der Waals surface area contributed by atoms with E-state index in [1.807, 2.05) is 37.4 Å². The number of aliphatic hydroxyl groups excluding tert-OH is 2. The van der Waals surface area contributed by atoms with Crippen LogP contribution in [0.15, 0.2) is 36.5 Å². The lowest BCUT2D eigenvalue weighted by atomic mass is 9.92. The van der Waals surface area contributed by atoms with Gasteiger partial charge in [-0.2, -0.15) is 5.10 Å². The molecular weight excluding hydrogens is 386 g/mol. The number of para-hydroxylation sites is 1. The molecule has 2 saturated heterocycles. The van der Waals surface area contributed by atoms with Gasteiger partial charge in [-0.1, -0.05) is 31.5 Å². The van der Waals surface area contributed by atoms with Crippen LogP contribution < -0.4 is 0 Å². The molecule has 4 heterocycles. The maximum atomic E-state index is 10.7. The minimum atomic E-state index is -1.05. The van der Waals surface area contributed by atoms with Crippen LogP contribution >= 0.6 is 0 Å². The molecule has 0 saturated carbocycles. The highest BCUT2D eigenvalue weighted by atomic mass is 16.7. The fourth-order valence-corrected chi connectivity index (χ4v) is 4.40. The molecule has 2 aliphatic heterocycles. The SMILES string of the molecule is CCCC1OC[C@H]2O[C@@H](Cc3cc(-c4c[nH]c5ccccc45)n[nH]3)[C@H](O)[C@@H](O)[C@@H]2O1. The largest absolute Gasteiger partial charge is 0.388 e. The quantitative estimate of drug-likeness (QED) is 0.510. The van der Waals surface area contributed by atoms with Gasteiger partial charge in [0, 0.05) is 34.8 Å². The van der Waals surface area contributed by atoms with Gasteiger partial charge in [0.2, 0.25) is 0 Å². The number of aliphatic hydroxyl groups is 2. The summed E-state index contributed by atoms with van der Waals surface area (Å²) >= 11 is 0. The van der Waals surface area contributed by atoms with Crippen LogP contribution in [0.5, 0.6) is 0 Å². The van der Waals surface area contributed by atoms with E-state index >= 15 is 0 Å². The predicted molar refractivity (Wildman–Crippen MR) is 110 cm³/mol. The average molecular weight is 413 g/mol. The van der Waals surface area contributed by atoms with Gasteiger partial charge in [0.05, 0.1) is 18.4 Å². The Balaban J connectivity index is 1.30. The summed E-state index contributed by atoms with van der Waals surface area (Å²) in [6.07, 6.45) is 0.0196. The van der Waals surface area contributed by atoms with Crippen molar-refractivity contribution in [3.8, 4) is 11.3 Å². The number of hydrogen-bond acceptors (Lipinski definition) is 6. The van der Waals surface area contributed by atoms with Gasteiger partial charge in [0.1, 0.15) is 24.4 Å². The van der Waals surface area contributed by atoms with Gasteiger partial charge < -0.3 is 29.4 Å². The number of nitrogens with zero attached hydrogens (tertiary/aromatic N) is 1. The first kappa shape index (κ1) is 19.7. The van der Waals surface area contributed by atoms with Crippen molar-refractivity contribution in [1.29, 1.82) is 0 Å². The maximum absolute atomic E-state index is 10.7. The fourth-order valence-electron chi connectivity index (χ4n) is 4.40. The number of aromatic nitrogens is 3. The fraction of sp³-hybridized carbons (Fsp3) is 0.500. The van der Waals surface area contributed by atoms with Gasteiger partial charge in [-0.05, 0) is 18.6 Å². The first-order valence-electron chi connectivity index (χ1n) is 10.5. The molecule has 8 nitrogen and oxygen atoms in total. The van der Waals surface area contributed by atoms with Crippen LogP contribution in [0.4, 0.5) is 0 Å². The van der Waals surface area contributed by atoms with Crippen LogP contribution in [0, 0.1) is 0 Å². The standard InChI is InChI=1S/C22H27N3O5/c1-2-5-19-28-11-18-22(30-19)21(27)20(26)17(29-18)9-12-8-16(25-24-12)14-10-23-15-7-4-3-6-13(14)15/h3-4,6-8,10,17-23,26-27H,2,5,9,11H2,1H3,(H,24,25)/t17-,18+,19?,20-,21+,22+/m0/s1. The molecule has 1 unspecified atom stereocenters. The van der Waals surface area contributed by atoms with E-state index < -0.39 is 30.5 Å². The van der Waals surface area contributed by atoms with Crippen molar-refractivity contribution in [2.24, 2.45) is 0 Å². The molecule has 2 fully saturated rings. The zero-order valence-corrected chi connectivity index (χ0v) is 16.8. The molecule has 2 aromatic heterocycles. The smallest absolute Gasteiger partial charge is 0.158 e. The monoisotopic (exact) mass is 413 g/mol. The third-order valence-electron chi connectivity index (χ3n) is 5.98. The Morgan fingerprint density at radius 3 is 2.90 bits per heavy atom. The summed E-state index contributed by atoms with van der Waals surface area (Å²) in [6, 6.07) is 10.0. The van der Waals surface area contributed by atoms with Crippen LogP contribution in [0.1, 0.15) is 25.5 Å². The zero-order chi connectivity index (χ0) is 20.7. The number of benzene rings is 1. The molecule has 0 aliphatic carbocycles. The predicted octanol–water partition coefficient (Wildman–Crippen LogP) is 2.13. The van der Waals surface area contributed by atoms with Crippen LogP contribution in [0.2, 0.25) is 0 Å². The van der Waals surface area contributed by atoms with Crippen LogP contribution in [-0.2, 0) is 20.6 Å². The van der Waals surface area contributed by atoms with Gasteiger partial charge in [0.25, 0.3) is 0 Å². The van der Waals surface area contributed by atoms with Crippen molar-refractivity contribution >= 4 is 10.9 Å². The number of nitrogens with one attached hydrogen (secondary N) is 2. The third-order valence-corrected chi connectivity index (χ3v) is 5.98. The van der Waals surface area contributed by atoms with Crippen LogP contribution in [0.25, 0.3) is 22.2 Å². The zero-order valence-electron chi connectivity index (χ0n) is 16.8. The molecule has 0 spiro atoms. The number of rotatable bonds is 5. The lowest BCUT2D eigenvalue weighted by Crippen LogP contribution is -2.63. The number of ether oxygens (including phenoxy) is 3. The van der Waals surface area contributed by atoms with E-state index in [0.29, 0.717) is 13.0 Å². The second-order valence-electron chi connectivity index (χ2n) is 8.08. The Bertz CT molecular complexity index is 999. The summed E-state index contributed by atoms with van der Waals surface area (Å²) in [5.41, 5.74) is 3.70. The number of fused-ring (bicyclic) bond motifs is 2. The Morgan fingerprint density at radius 1 is 1.17 bits per heavy atom. The van der Waals surface area contributed by atoms with Gasteiger partial charge in [-0.3, -0.25) is 5.10 Å². The molecule has 8 heteroatoms. The Morgan fingerprint density at radius 2 is 2.03 bits per heavy atom. The molecule has 160 valence electrons. The van der Waals surface area contributed by atoms with E-state index in [1.54, 1.807) is 0 Å². The second-order valence-corrected chi connectivity index (χ2v) is 8.08. The lowest BCUT2D eigenvalue weighted by Gasteiger charge is -2.46. The first-order chi connectivity index (χ1) is 14.6. The summed E-state index contributed by atoms with van der Waals surface area (Å²) in [6.45, 7) is 2.39. The van der Waals surface area contributed by atoms with E-state index in [4.69, 9.17) is 14.2 Å². The Kier molecular flexibility index (Phi) is 5.34. The molecule has 0 amide bonds. The molecule has 5 rings (SSSR count). The highest BCUT2D eigenvalue weighted by Gasteiger charge is 2.48. The van der Waals surface area contributed by atoms with Gasteiger partial charge in [0.15, 0.2) is 6.29 Å². The first-order valence-corrected chi connectivity index (χ1v) is 10.5. The molecule has 2 aliphatic rings. The molecule has 3 aromatic rings. The summed E-state index contributed by atoms with van der Waals surface area (Å²) in [5, 5.41) is 29.9. The van der Waals surface area contributed by atoms with E-state index in [0.717, 1.165) is 40.7 Å². The molecule has 30 heavy (non-hydrogen) atoms. The van der Waals surface area contributed by atoms with Crippen molar-refractivity contribution in [2.75, 3.05) is 6.61 Å². The molecule has 4 N–H and O–H groups in total. The number of H-pyrrole nitrogens is 2. The summed E-state index contributed by atoms with van der Waals surface area (Å²) in [5.74, 6) is 0.